The number of aromatic nitrogens is 1. The quantitative estimate of drug-likeness (QED) is 0.809. The summed E-state index contributed by atoms with van der Waals surface area (Å²) in [7, 11) is -3.84. The van der Waals surface area contributed by atoms with Crippen molar-refractivity contribution in [2.75, 3.05) is 0 Å². The summed E-state index contributed by atoms with van der Waals surface area (Å²) in [6, 6.07) is 9.81. The predicted molar refractivity (Wildman–Crippen MR) is 97.9 cm³/mol. The first-order chi connectivity index (χ1) is 12.2. The van der Waals surface area contributed by atoms with Crippen molar-refractivity contribution in [1.82, 2.24) is 4.98 Å². The van der Waals surface area contributed by atoms with E-state index in [1.807, 2.05) is 6.92 Å². The molecule has 0 fully saturated rings. The molecule has 0 saturated heterocycles. The Hall–Kier alpha value is -2.28. The number of nitrogens with zero attached hydrogens (tertiary/aromatic N) is 2. The summed E-state index contributed by atoms with van der Waals surface area (Å²) < 4.78 is 49.4. The van der Waals surface area contributed by atoms with E-state index in [9.17, 15) is 12.8 Å². The summed E-state index contributed by atoms with van der Waals surface area (Å²) in [6.45, 7) is 5.24. The maximum atomic E-state index is 14.0. The summed E-state index contributed by atoms with van der Waals surface area (Å²) >= 11 is 0. The molecule has 0 saturated carbocycles. The van der Waals surface area contributed by atoms with Crippen molar-refractivity contribution in [3.63, 3.8) is 0 Å². The molecule has 0 spiro atoms. The van der Waals surface area contributed by atoms with E-state index in [2.05, 4.69) is 9.38 Å². The van der Waals surface area contributed by atoms with Crippen LogP contribution in [0, 0.1) is 5.82 Å². The molecule has 1 unspecified atom stereocenters. The van der Waals surface area contributed by atoms with Crippen molar-refractivity contribution in [1.29, 1.82) is 0 Å². The Balaban J connectivity index is 1.92. The van der Waals surface area contributed by atoms with Crippen molar-refractivity contribution in [2.45, 2.75) is 44.0 Å². The lowest BCUT2D eigenvalue weighted by molar-refractivity contribution is 0.0802. The molecule has 0 bridgehead atoms. The average Bonchev–Trinajstić information content (AvgIpc) is 2.53. The molecule has 2 heterocycles. The summed E-state index contributed by atoms with van der Waals surface area (Å²) in [5, 5.41) is -0.948. The number of ether oxygens (including phenoxy) is 1. The molecule has 1 aliphatic rings. The zero-order valence-electron chi connectivity index (χ0n) is 14.9. The van der Waals surface area contributed by atoms with Crippen molar-refractivity contribution in [3.05, 3.63) is 65.7 Å². The number of pyridine rings is 1. The van der Waals surface area contributed by atoms with Crippen LogP contribution in [0.25, 0.3) is 0 Å². The highest BCUT2D eigenvalue weighted by molar-refractivity contribution is 7.90. The van der Waals surface area contributed by atoms with E-state index in [1.165, 1.54) is 12.3 Å². The molecule has 138 valence electrons. The van der Waals surface area contributed by atoms with Crippen LogP contribution in [0.2, 0.25) is 0 Å². The highest BCUT2D eigenvalue weighted by Gasteiger charge is 2.47. The number of rotatable bonds is 4. The van der Waals surface area contributed by atoms with Gasteiger partial charge in [0.25, 0.3) is 10.0 Å². The zero-order chi connectivity index (χ0) is 18.9. The minimum absolute atomic E-state index is 0.103. The van der Waals surface area contributed by atoms with Crippen LogP contribution in [0.4, 0.5) is 4.39 Å². The molecule has 0 radical (unpaired) electrons. The second-order valence-electron chi connectivity index (χ2n) is 7.00. The standard InChI is InChI=1S/C19H21FN2O3S/c1-13(15-8-4-5-9-16(15)20)11-17-22-26(23,24)18(19(2,3)25-17)14-7-6-10-21-12-14/h4-10,12-13,18H,11H2,1-3H3/t13-,18?/m1/s1. The Kier molecular flexibility index (Phi) is 4.84. The lowest BCUT2D eigenvalue weighted by Gasteiger charge is -2.37. The molecular weight excluding hydrogens is 355 g/mol. The van der Waals surface area contributed by atoms with E-state index in [1.54, 1.807) is 50.4 Å². The van der Waals surface area contributed by atoms with Gasteiger partial charge in [0, 0.05) is 18.8 Å². The Morgan fingerprint density at radius 2 is 1.96 bits per heavy atom. The fourth-order valence-corrected chi connectivity index (χ4v) is 5.11. The van der Waals surface area contributed by atoms with E-state index in [0.29, 0.717) is 11.1 Å². The summed E-state index contributed by atoms with van der Waals surface area (Å²) in [5.41, 5.74) is 0.0132. The first-order valence-electron chi connectivity index (χ1n) is 8.37. The fraction of sp³-hybridized carbons (Fsp3) is 0.368. The molecule has 0 N–H and O–H groups in total. The van der Waals surface area contributed by atoms with Crippen molar-refractivity contribution >= 4 is 15.9 Å². The molecule has 7 heteroatoms. The Labute approximate surface area is 153 Å². The van der Waals surface area contributed by atoms with Gasteiger partial charge < -0.3 is 4.74 Å². The number of hydrogen-bond acceptors (Lipinski definition) is 4. The molecule has 26 heavy (non-hydrogen) atoms. The van der Waals surface area contributed by atoms with Gasteiger partial charge in [-0.25, -0.2) is 12.8 Å². The third-order valence-electron chi connectivity index (χ3n) is 4.44. The Bertz CT molecular complexity index is 927. The first kappa shape index (κ1) is 18.5. The first-order valence-corrected chi connectivity index (χ1v) is 9.87. The van der Waals surface area contributed by atoms with Crippen LogP contribution in [-0.2, 0) is 14.8 Å². The molecule has 3 rings (SSSR count). The van der Waals surface area contributed by atoms with Gasteiger partial charge in [0.2, 0.25) is 5.90 Å². The van der Waals surface area contributed by atoms with Gasteiger partial charge in [-0.2, -0.15) is 0 Å². The van der Waals surface area contributed by atoms with Gasteiger partial charge in [-0.3, -0.25) is 4.98 Å². The topological polar surface area (TPSA) is 68.6 Å². The molecule has 1 aliphatic heterocycles. The fourth-order valence-electron chi connectivity index (χ4n) is 3.36. The van der Waals surface area contributed by atoms with Gasteiger partial charge in [-0.1, -0.05) is 31.2 Å². The number of hydrogen-bond donors (Lipinski definition) is 0. The molecule has 1 aromatic heterocycles. The van der Waals surface area contributed by atoms with Gasteiger partial charge in [0.1, 0.15) is 16.7 Å². The van der Waals surface area contributed by atoms with Gasteiger partial charge in [-0.05, 0) is 43.0 Å². The largest absolute Gasteiger partial charge is 0.472 e. The molecule has 0 amide bonds. The van der Waals surface area contributed by atoms with E-state index in [4.69, 9.17) is 4.74 Å². The van der Waals surface area contributed by atoms with Crippen LogP contribution in [0.1, 0.15) is 49.5 Å². The van der Waals surface area contributed by atoms with Crippen LogP contribution in [0.5, 0.6) is 0 Å². The number of sulfonamides is 1. The Morgan fingerprint density at radius 3 is 2.58 bits per heavy atom. The third-order valence-corrected chi connectivity index (χ3v) is 6.34. The SMILES string of the molecule is C[C@H](CC1=NS(=O)(=O)C(c2cccnc2)C(C)(C)O1)c1ccccc1F. The second-order valence-corrected chi connectivity index (χ2v) is 8.68. The van der Waals surface area contributed by atoms with Crippen molar-refractivity contribution in [3.8, 4) is 0 Å². The van der Waals surface area contributed by atoms with Gasteiger partial charge in [0.15, 0.2) is 0 Å². The van der Waals surface area contributed by atoms with Crippen LogP contribution < -0.4 is 0 Å². The second kappa shape index (κ2) is 6.79. The minimum Gasteiger partial charge on any atom is -0.472 e. The molecule has 5 nitrogen and oxygen atoms in total. The molecular formula is C19H21FN2O3S. The van der Waals surface area contributed by atoms with E-state index in [-0.39, 0.29) is 24.1 Å². The van der Waals surface area contributed by atoms with Crippen LogP contribution in [-0.4, -0.2) is 24.9 Å². The predicted octanol–water partition coefficient (Wildman–Crippen LogP) is 3.99. The summed E-state index contributed by atoms with van der Waals surface area (Å²) in [5.74, 6) is -0.492. The summed E-state index contributed by atoms with van der Waals surface area (Å²) in [4.78, 5) is 4.00. The maximum absolute atomic E-state index is 14.0. The number of halogens is 1. The minimum atomic E-state index is -3.84. The molecule has 1 aromatic carbocycles. The zero-order valence-corrected chi connectivity index (χ0v) is 15.7. The van der Waals surface area contributed by atoms with Gasteiger partial charge in [-0.15, -0.1) is 4.40 Å². The monoisotopic (exact) mass is 376 g/mol. The van der Waals surface area contributed by atoms with E-state index < -0.39 is 20.9 Å². The van der Waals surface area contributed by atoms with Gasteiger partial charge in [0.05, 0.1) is 0 Å². The third kappa shape index (κ3) is 3.62. The Morgan fingerprint density at radius 1 is 1.23 bits per heavy atom. The van der Waals surface area contributed by atoms with Crippen LogP contribution in [0.15, 0.2) is 53.2 Å². The smallest absolute Gasteiger partial charge is 0.267 e. The lowest BCUT2D eigenvalue weighted by atomic mass is 9.96. The van der Waals surface area contributed by atoms with Crippen LogP contribution >= 0.6 is 0 Å². The van der Waals surface area contributed by atoms with Crippen molar-refractivity contribution < 1.29 is 17.5 Å². The lowest BCUT2D eigenvalue weighted by Crippen LogP contribution is -2.43. The highest BCUT2D eigenvalue weighted by atomic mass is 32.2. The van der Waals surface area contributed by atoms with E-state index >= 15 is 0 Å². The highest BCUT2D eigenvalue weighted by Crippen LogP contribution is 2.41. The van der Waals surface area contributed by atoms with Crippen LogP contribution in [0.3, 0.4) is 0 Å². The average molecular weight is 376 g/mol. The number of benzene rings is 1. The van der Waals surface area contributed by atoms with E-state index in [0.717, 1.165) is 0 Å². The molecule has 2 aromatic rings. The maximum Gasteiger partial charge on any atom is 0.267 e. The summed E-state index contributed by atoms with van der Waals surface area (Å²) in [6.07, 6.45) is 3.29. The molecule has 2 atom stereocenters. The normalized spacial score (nSPS) is 22.2. The van der Waals surface area contributed by atoms with Gasteiger partial charge >= 0.3 is 0 Å². The van der Waals surface area contributed by atoms with Crippen molar-refractivity contribution in [2.24, 2.45) is 4.40 Å². The molecule has 0 aliphatic carbocycles.